The number of aliphatic hydroxyl groups is 2. The van der Waals surface area contributed by atoms with Crippen LogP contribution >= 0.6 is 11.8 Å². The summed E-state index contributed by atoms with van der Waals surface area (Å²) in [6.07, 6.45) is 36.9. The molecule has 4 nitrogen and oxygen atoms in total. The first kappa shape index (κ1) is 44.4. The van der Waals surface area contributed by atoms with E-state index in [0.29, 0.717) is 19.0 Å². The fourth-order valence-electron chi connectivity index (χ4n) is 6.23. The third-order valence-corrected chi connectivity index (χ3v) is 10.6. The Balaban J connectivity index is 2.17. The molecule has 0 aliphatic heterocycles. The van der Waals surface area contributed by atoms with Crippen LogP contribution in [-0.2, 0) is 15.2 Å². The maximum Gasteiger partial charge on any atom is 0.226 e. The Morgan fingerprint density at radius 1 is 0.532 bits per heavy atom. The molecule has 2 unspecified atom stereocenters. The monoisotopic (exact) mass is 679 g/mol. The molecule has 1 aromatic rings. The molecule has 0 saturated heterocycles. The molecule has 276 valence electrons. The van der Waals surface area contributed by atoms with Crippen molar-refractivity contribution in [2.24, 2.45) is 0 Å². The molecule has 0 amide bonds. The average Bonchev–Trinajstić information content (AvgIpc) is 3.09. The number of hydrogen-bond donors (Lipinski definition) is 2. The van der Waals surface area contributed by atoms with Crippen molar-refractivity contribution in [3.05, 3.63) is 35.9 Å². The fourth-order valence-corrected chi connectivity index (χ4v) is 7.17. The molecular weight excluding hydrogens is 601 g/mol. The summed E-state index contributed by atoms with van der Waals surface area (Å²) in [6.45, 7) is 5.61. The Morgan fingerprint density at radius 2 is 0.894 bits per heavy atom. The Bertz CT molecular complexity index is 747. The van der Waals surface area contributed by atoms with Gasteiger partial charge in [-0.3, -0.25) is 0 Å². The zero-order valence-electron chi connectivity index (χ0n) is 31.2. The van der Waals surface area contributed by atoms with E-state index in [1.807, 2.05) is 30.3 Å². The highest BCUT2D eigenvalue weighted by atomic mass is 32.2. The van der Waals surface area contributed by atoms with Gasteiger partial charge in [0.15, 0.2) is 5.44 Å². The molecule has 0 aliphatic carbocycles. The third kappa shape index (κ3) is 27.9. The van der Waals surface area contributed by atoms with Crippen molar-refractivity contribution in [2.75, 3.05) is 19.8 Å². The van der Waals surface area contributed by atoms with Crippen molar-refractivity contribution in [1.29, 1.82) is 0 Å². The van der Waals surface area contributed by atoms with Crippen LogP contribution in [0.3, 0.4) is 0 Å². The number of aliphatic hydroxyl groups excluding tert-OH is 1. The maximum atomic E-state index is 11.4. The molecule has 2 atom stereocenters. The molecule has 2 N–H and O–H groups in total. The van der Waals surface area contributed by atoms with Crippen LogP contribution < -0.4 is 0 Å². The lowest BCUT2D eigenvalue weighted by atomic mass is 10.0. The van der Waals surface area contributed by atoms with Gasteiger partial charge in [0.2, 0.25) is 5.79 Å². The summed E-state index contributed by atoms with van der Waals surface area (Å²) in [6, 6.07) is 10.1. The quantitative estimate of drug-likeness (QED) is 0.0542. The summed E-state index contributed by atoms with van der Waals surface area (Å²) >= 11 is 1.31. The minimum absolute atomic E-state index is 0.00695. The van der Waals surface area contributed by atoms with E-state index in [-0.39, 0.29) is 6.61 Å². The van der Waals surface area contributed by atoms with Gasteiger partial charge in [-0.15, -0.1) is 11.8 Å². The van der Waals surface area contributed by atoms with Gasteiger partial charge in [0, 0.05) is 12.4 Å². The largest absolute Gasteiger partial charge is 0.377 e. The lowest BCUT2D eigenvalue weighted by molar-refractivity contribution is -0.259. The molecule has 0 saturated carbocycles. The third-order valence-electron chi connectivity index (χ3n) is 9.44. The first-order chi connectivity index (χ1) is 23.1. The van der Waals surface area contributed by atoms with Gasteiger partial charge in [-0.25, -0.2) is 0 Å². The Hall–Kier alpha value is -0.590. The number of hydrogen-bond acceptors (Lipinski definition) is 5. The second-order valence-electron chi connectivity index (χ2n) is 14.1. The van der Waals surface area contributed by atoms with Crippen molar-refractivity contribution in [2.45, 2.75) is 211 Å². The highest BCUT2D eigenvalue weighted by Gasteiger charge is 2.37. The van der Waals surface area contributed by atoms with E-state index in [2.05, 4.69) is 13.8 Å². The average molecular weight is 679 g/mol. The number of thioether (sulfide) groups is 1. The zero-order valence-corrected chi connectivity index (χ0v) is 32.0. The molecule has 0 fully saturated rings. The molecule has 0 heterocycles. The van der Waals surface area contributed by atoms with E-state index in [1.165, 1.54) is 166 Å². The normalized spacial score (nSPS) is 13.6. The summed E-state index contributed by atoms with van der Waals surface area (Å²) < 4.78 is 11.9. The SMILES string of the molecule is CCCCCCCCCCCCCCCCOCC(O)(OCCCCCCCCCCCCCCCC)C(O)SCc1ccccc1. The molecule has 1 aromatic carbocycles. The van der Waals surface area contributed by atoms with Crippen LogP contribution in [0.2, 0.25) is 0 Å². The maximum absolute atomic E-state index is 11.4. The van der Waals surface area contributed by atoms with E-state index in [4.69, 9.17) is 9.47 Å². The molecule has 1 rings (SSSR count). The second-order valence-corrected chi connectivity index (χ2v) is 15.2. The summed E-state index contributed by atoms with van der Waals surface area (Å²) in [5, 5.41) is 22.3. The number of benzene rings is 1. The molecule has 0 aromatic heterocycles. The van der Waals surface area contributed by atoms with Crippen molar-refractivity contribution in [1.82, 2.24) is 0 Å². The Labute approximate surface area is 297 Å². The lowest BCUT2D eigenvalue weighted by Gasteiger charge is -2.32. The van der Waals surface area contributed by atoms with Gasteiger partial charge in [0.25, 0.3) is 0 Å². The van der Waals surface area contributed by atoms with Gasteiger partial charge in [-0.2, -0.15) is 0 Å². The van der Waals surface area contributed by atoms with E-state index in [1.54, 1.807) is 0 Å². The molecular formula is C42H78O4S. The van der Waals surface area contributed by atoms with E-state index in [0.717, 1.165) is 31.2 Å². The van der Waals surface area contributed by atoms with Crippen LogP contribution in [0.4, 0.5) is 0 Å². The minimum Gasteiger partial charge on any atom is -0.377 e. The van der Waals surface area contributed by atoms with Crippen LogP contribution in [0, 0.1) is 0 Å². The van der Waals surface area contributed by atoms with Crippen LogP contribution in [0.25, 0.3) is 0 Å². The van der Waals surface area contributed by atoms with Gasteiger partial charge in [0.1, 0.15) is 6.61 Å². The smallest absolute Gasteiger partial charge is 0.226 e. The van der Waals surface area contributed by atoms with Crippen molar-refractivity contribution < 1.29 is 19.7 Å². The minimum atomic E-state index is -1.69. The second kappa shape index (κ2) is 33.9. The number of rotatable bonds is 37. The van der Waals surface area contributed by atoms with Gasteiger partial charge in [0.05, 0.1) is 6.61 Å². The van der Waals surface area contributed by atoms with Crippen LogP contribution in [0.1, 0.15) is 199 Å². The predicted molar refractivity (Wildman–Crippen MR) is 206 cm³/mol. The van der Waals surface area contributed by atoms with Gasteiger partial charge >= 0.3 is 0 Å². The lowest BCUT2D eigenvalue weighted by Crippen LogP contribution is -2.48. The van der Waals surface area contributed by atoms with Gasteiger partial charge in [-0.1, -0.05) is 211 Å². The standard InChI is InChI=1S/C42H78O4S/c1-3-5-7-9-11-13-15-17-19-21-23-25-27-32-36-45-39-42(44,41(43)47-38-40-34-30-29-31-35-40)46-37-33-28-26-24-22-20-18-16-14-12-10-8-6-4-2/h29-31,34-35,41,43-44H,3-28,32-33,36-39H2,1-2H3. The van der Waals surface area contributed by atoms with Gasteiger partial charge < -0.3 is 19.7 Å². The topological polar surface area (TPSA) is 58.9 Å². The summed E-state index contributed by atoms with van der Waals surface area (Å²) in [4.78, 5) is 0. The highest BCUT2D eigenvalue weighted by molar-refractivity contribution is 7.99. The van der Waals surface area contributed by atoms with Crippen LogP contribution in [0.5, 0.6) is 0 Å². The van der Waals surface area contributed by atoms with Crippen molar-refractivity contribution in [3.63, 3.8) is 0 Å². The van der Waals surface area contributed by atoms with E-state index >= 15 is 0 Å². The van der Waals surface area contributed by atoms with Crippen molar-refractivity contribution in [3.8, 4) is 0 Å². The van der Waals surface area contributed by atoms with Crippen LogP contribution in [0.15, 0.2) is 30.3 Å². The molecule has 47 heavy (non-hydrogen) atoms. The molecule has 0 bridgehead atoms. The number of unbranched alkanes of at least 4 members (excludes halogenated alkanes) is 26. The summed E-state index contributed by atoms with van der Waals surface area (Å²) in [7, 11) is 0. The van der Waals surface area contributed by atoms with Gasteiger partial charge in [-0.05, 0) is 18.4 Å². The first-order valence-corrected chi connectivity index (χ1v) is 21.4. The van der Waals surface area contributed by atoms with Crippen molar-refractivity contribution >= 4 is 11.8 Å². The number of ether oxygens (including phenoxy) is 2. The Kier molecular flexibility index (Phi) is 32.0. The van der Waals surface area contributed by atoms with E-state index < -0.39 is 11.2 Å². The predicted octanol–water partition coefficient (Wildman–Crippen LogP) is 12.9. The molecule has 5 heteroatoms. The van der Waals surface area contributed by atoms with Crippen LogP contribution in [-0.4, -0.2) is 41.3 Å². The summed E-state index contributed by atoms with van der Waals surface area (Å²) in [5.74, 6) is -1.07. The first-order valence-electron chi connectivity index (χ1n) is 20.4. The molecule has 0 radical (unpaired) electrons. The zero-order chi connectivity index (χ0) is 33.9. The highest BCUT2D eigenvalue weighted by Crippen LogP contribution is 2.27. The van der Waals surface area contributed by atoms with E-state index in [9.17, 15) is 10.2 Å². The Morgan fingerprint density at radius 3 is 1.30 bits per heavy atom. The fraction of sp³-hybridized carbons (Fsp3) is 0.857. The summed E-state index contributed by atoms with van der Waals surface area (Å²) in [5.41, 5.74) is 0.0555. The molecule has 0 spiro atoms. The molecule has 0 aliphatic rings.